The summed E-state index contributed by atoms with van der Waals surface area (Å²) < 4.78 is 0. The summed E-state index contributed by atoms with van der Waals surface area (Å²) in [6, 6.07) is 3.75. The molecule has 1 aromatic heterocycles. The van der Waals surface area contributed by atoms with Crippen molar-refractivity contribution in [3.63, 3.8) is 0 Å². The predicted octanol–water partition coefficient (Wildman–Crippen LogP) is 0.910. The van der Waals surface area contributed by atoms with E-state index >= 15 is 0 Å². The van der Waals surface area contributed by atoms with Crippen molar-refractivity contribution in [2.75, 3.05) is 39.8 Å². The van der Waals surface area contributed by atoms with Crippen molar-refractivity contribution in [1.82, 2.24) is 15.1 Å². The van der Waals surface area contributed by atoms with Crippen LogP contribution in [-0.2, 0) is 9.59 Å². The highest BCUT2D eigenvalue weighted by Gasteiger charge is 2.22. The number of carbonyl (C=O) groups excluding carboxylic acids is 3. The molecule has 7 heteroatoms. The fraction of sp³-hybridized carbons (Fsp3) is 0.562. The zero-order valence-electron chi connectivity index (χ0n) is 13.6. The Balaban J connectivity index is 1.73. The molecule has 1 aromatic rings. The van der Waals surface area contributed by atoms with Crippen molar-refractivity contribution < 1.29 is 14.4 Å². The molecule has 1 fully saturated rings. The summed E-state index contributed by atoms with van der Waals surface area (Å²) in [5.74, 6) is 0.0440. The number of Topliss-reactive ketones (excluding diaryl/α,β-unsaturated/α-hetero) is 1. The van der Waals surface area contributed by atoms with Crippen LogP contribution in [0.4, 0.5) is 0 Å². The van der Waals surface area contributed by atoms with Crippen LogP contribution < -0.4 is 5.32 Å². The first-order valence-corrected chi connectivity index (χ1v) is 8.61. The lowest BCUT2D eigenvalue weighted by Gasteiger charge is -2.34. The number of likely N-dealkylation sites (N-methyl/N-ethyl adjacent to an activating group) is 1. The molecule has 0 bridgehead atoms. The molecule has 1 aliphatic heterocycles. The van der Waals surface area contributed by atoms with Gasteiger partial charge in [-0.05, 0) is 19.1 Å². The number of aryl methyl sites for hydroxylation is 1. The van der Waals surface area contributed by atoms with E-state index in [1.54, 1.807) is 11.9 Å². The largest absolute Gasteiger partial charge is 0.358 e. The van der Waals surface area contributed by atoms with Gasteiger partial charge in [0.15, 0.2) is 5.78 Å². The van der Waals surface area contributed by atoms with Gasteiger partial charge in [0.2, 0.25) is 11.8 Å². The lowest BCUT2D eigenvalue weighted by molar-refractivity contribution is -0.133. The van der Waals surface area contributed by atoms with E-state index < -0.39 is 0 Å². The number of rotatable bonds is 6. The number of nitrogens with one attached hydrogen (secondary N) is 1. The molecule has 0 unspecified atom stereocenters. The van der Waals surface area contributed by atoms with E-state index in [4.69, 9.17) is 0 Å². The molecule has 0 aromatic carbocycles. The summed E-state index contributed by atoms with van der Waals surface area (Å²) in [5, 5.41) is 2.60. The molecule has 0 radical (unpaired) electrons. The number of thiophene rings is 1. The summed E-state index contributed by atoms with van der Waals surface area (Å²) in [7, 11) is 1.62. The number of amides is 2. The van der Waals surface area contributed by atoms with Crippen molar-refractivity contribution in [3.8, 4) is 0 Å². The average Bonchev–Trinajstić information content (AvgIpc) is 2.99. The molecule has 23 heavy (non-hydrogen) atoms. The van der Waals surface area contributed by atoms with Crippen molar-refractivity contribution >= 4 is 28.9 Å². The lowest BCUT2D eigenvalue weighted by Crippen LogP contribution is -2.50. The summed E-state index contributed by atoms with van der Waals surface area (Å²) >= 11 is 1.47. The quantitative estimate of drug-likeness (QED) is 0.784. The van der Waals surface area contributed by atoms with Gasteiger partial charge in [-0.25, -0.2) is 0 Å². The van der Waals surface area contributed by atoms with Gasteiger partial charge < -0.3 is 10.2 Å². The van der Waals surface area contributed by atoms with Gasteiger partial charge in [0, 0.05) is 50.9 Å². The SMILES string of the molecule is CNC(=O)CN1CCN(C(=O)CCC(=O)c2ccc(C)s2)CC1. The molecule has 0 aliphatic carbocycles. The normalized spacial score (nSPS) is 15.5. The number of ketones is 1. The minimum atomic E-state index is -0.0124. The zero-order valence-corrected chi connectivity index (χ0v) is 14.4. The Bertz CT molecular complexity index is 577. The van der Waals surface area contributed by atoms with Crippen molar-refractivity contribution in [2.45, 2.75) is 19.8 Å². The highest BCUT2D eigenvalue weighted by Crippen LogP contribution is 2.18. The molecule has 2 heterocycles. The monoisotopic (exact) mass is 337 g/mol. The number of carbonyl (C=O) groups is 3. The molecule has 6 nitrogen and oxygen atoms in total. The molecule has 0 saturated carbocycles. The number of nitrogens with zero attached hydrogens (tertiary/aromatic N) is 2. The number of hydrogen-bond donors (Lipinski definition) is 1. The van der Waals surface area contributed by atoms with E-state index in [2.05, 4.69) is 5.32 Å². The van der Waals surface area contributed by atoms with Crippen LogP contribution >= 0.6 is 11.3 Å². The van der Waals surface area contributed by atoms with E-state index in [0.29, 0.717) is 32.7 Å². The minimum Gasteiger partial charge on any atom is -0.358 e. The fourth-order valence-corrected chi connectivity index (χ4v) is 3.36. The van der Waals surface area contributed by atoms with Crippen molar-refractivity contribution in [2.24, 2.45) is 0 Å². The van der Waals surface area contributed by atoms with Gasteiger partial charge in [0.1, 0.15) is 0 Å². The van der Waals surface area contributed by atoms with Gasteiger partial charge in [0.05, 0.1) is 11.4 Å². The molecular formula is C16H23N3O3S. The maximum absolute atomic E-state index is 12.2. The average molecular weight is 337 g/mol. The van der Waals surface area contributed by atoms with Gasteiger partial charge in [0.25, 0.3) is 0 Å². The fourth-order valence-electron chi connectivity index (χ4n) is 2.52. The highest BCUT2D eigenvalue weighted by atomic mass is 32.1. The third kappa shape index (κ3) is 5.14. The maximum Gasteiger partial charge on any atom is 0.233 e. The first kappa shape index (κ1) is 17.6. The van der Waals surface area contributed by atoms with Crippen LogP contribution in [0.5, 0.6) is 0 Å². The summed E-state index contributed by atoms with van der Waals surface area (Å²) in [6.07, 6.45) is 0.516. The van der Waals surface area contributed by atoms with E-state index in [9.17, 15) is 14.4 Å². The van der Waals surface area contributed by atoms with Crippen LogP contribution in [0.15, 0.2) is 12.1 Å². The molecule has 2 rings (SSSR count). The Labute approximate surface area is 140 Å². The molecule has 0 atom stereocenters. The highest BCUT2D eigenvalue weighted by molar-refractivity contribution is 7.14. The Morgan fingerprint density at radius 3 is 2.39 bits per heavy atom. The second kappa shape index (κ2) is 8.21. The van der Waals surface area contributed by atoms with Gasteiger partial charge in [-0.2, -0.15) is 0 Å². The molecule has 2 amide bonds. The van der Waals surface area contributed by atoms with E-state index in [1.807, 2.05) is 24.0 Å². The van der Waals surface area contributed by atoms with Crippen LogP contribution in [0, 0.1) is 6.92 Å². The molecule has 0 spiro atoms. The van der Waals surface area contributed by atoms with Gasteiger partial charge >= 0.3 is 0 Å². The predicted molar refractivity (Wildman–Crippen MR) is 89.7 cm³/mol. The zero-order chi connectivity index (χ0) is 16.8. The molecule has 1 N–H and O–H groups in total. The summed E-state index contributed by atoms with van der Waals surface area (Å²) in [6.45, 7) is 4.94. The van der Waals surface area contributed by atoms with Crippen molar-refractivity contribution in [3.05, 3.63) is 21.9 Å². The first-order chi connectivity index (χ1) is 11.0. The minimum absolute atomic E-state index is 0.0124. The Morgan fingerprint density at radius 1 is 1.13 bits per heavy atom. The van der Waals surface area contributed by atoms with E-state index in [-0.39, 0.29) is 30.4 Å². The van der Waals surface area contributed by atoms with E-state index in [0.717, 1.165) is 9.75 Å². The third-order valence-electron chi connectivity index (χ3n) is 3.95. The molecular weight excluding hydrogens is 314 g/mol. The van der Waals surface area contributed by atoms with Gasteiger partial charge in [-0.3, -0.25) is 19.3 Å². The smallest absolute Gasteiger partial charge is 0.233 e. The second-order valence-electron chi connectivity index (χ2n) is 5.66. The maximum atomic E-state index is 12.2. The second-order valence-corrected chi connectivity index (χ2v) is 6.95. The molecule has 1 aliphatic rings. The third-order valence-corrected chi connectivity index (χ3v) is 4.99. The molecule has 126 valence electrons. The molecule has 1 saturated heterocycles. The van der Waals surface area contributed by atoms with Gasteiger partial charge in [-0.15, -0.1) is 11.3 Å². The first-order valence-electron chi connectivity index (χ1n) is 7.80. The lowest BCUT2D eigenvalue weighted by atomic mass is 10.1. The van der Waals surface area contributed by atoms with Crippen LogP contribution in [0.3, 0.4) is 0 Å². The Kier molecular flexibility index (Phi) is 6.29. The Morgan fingerprint density at radius 2 is 1.83 bits per heavy atom. The van der Waals surface area contributed by atoms with Gasteiger partial charge in [-0.1, -0.05) is 0 Å². The van der Waals surface area contributed by atoms with Crippen LogP contribution in [0.2, 0.25) is 0 Å². The summed E-state index contributed by atoms with van der Waals surface area (Å²) in [5.41, 5.74) is 0. The van der Waals surface area contributed by atoms with Crippen LogP contribution in [0.1, 0.15) is 27.4 Å². The topological polar surface area (TPSA) is 69.7 Å². The van der Waals surface area contributed by atoms with Crippen molar-refractivity contribution in [1.29, 1.82) is 0 Å². The number of piperazine rings is 1. The van der Waals surface area contributed by atoms with E-state index in [1.165, 1.54) is 11.3 Å². The standard InChI is InChI=1S/C16H23N3O3S/c1-12-3-5-14(23-12)13(20)4-6-16(22)19-9-7-18(8-10-19)11-15(21)17-2/h3,5H,4,6-11H2,1-2H3,(H,17,21). The summed E-state index contributed by atoms with van der Waals surface area (Å²) in [4.78, 5) is 41.2. The van der Waals surface area contributed by atoms with Crippen LogP contribution in [0.25, 0.3) is 0 Å². The number of hydrogen-bond acceptors (Lipinski definition) is 5. The Hall–Kier alpha value is -1.73. The van der Waals surface area contributed by atoms with Crippen LogP contribution in [-0.4, -0.2) is 67.2 Å².